The van der Waals surface area contributed by atoms with Crippen molar-refractivity contribution in [3.8, 4) is 0 Å². The van der Waals surface area contributed by atoms with E-state index in [0.717, 1.165) is 33.3 Å². The van der Waals surface area contributed by atoms with Gasteiger partial charge in [0.1, 0.15) is 5.60 Å². The SMILES string of the molecule is CCCCCCCSc1ccc(NC(=O)c2cc(N3CC[C@@H](NC(=O)OC(C)(C)C)C3)ccc2N(C)S(C)(=O)=O)cc1. The van der Waals surface area contributed by atoms with Crippen molar-refractivity contribution in [3.63, 3.8) is 0 Å². The molecule has 2 amide bonds. The number of alkyl carbamates (subject to hydrolysis) is 1. The Kier molecular flexibility index (Phi) is 12.0. The Bertz CT molecular complexity index is 1310. The average molecular weight is 619 g/mol. The van der Waals surface area contributed by atoms with Gasteiger partial charge < -0.3 is 20.3 Å². The highest BCUT2D eigenvalue weighted by molar-refractivity contribution is 7.99. The molecule has 0 unspecified atom stereocenters. The van der Waals surface area contributed by atoms with Crippen LogP contribution in [0.1, 0.15) is 76.6 Å². The molecule has 11 heteroatoms. The van der Waals surface area contributed by atoms with E-state index in [1.165, 1.54) is 39.2 Å². The predicted octanol–water partition coefficient (Wildman–Crippen LogP) is 6.50. The third kappa shape index (κ3) is 10.4. The molecular weight excluding hydrogens is 572 g/mol. The number of anilines is 3. The van der Waals surface area contributed by atoms with E-state index in [2.05, 4.69) is 22.5 Å². The van der Waals surface area contributed by atoms with Crippen molar-refractivity contribution in [1.29, 1.82) is 0 Å². The van der Waals surface area contributed by atoms with E-state index in [1.807, 2.05) is 56.8 Å². The summed E-state index contributed by atoms with van der Waals surface area (Å²) in [6.45, 7) is 8.88. The fourth-order valence-corrected chi connectivity index (χ4v) is 6.10. The van der Waals surface area contributed by atoms with Gasteiger partial charge >= 0.3 is 6.09 Å². The fourth-order valence-electron chi connectivity index (χ4n) is 4.67. The number of ether oxygens (including phenoxy) is 1. The summed E-state index contributed by atoms with van der Waals surface area (Å²) < 4.78 is 31.2. The number of nitrogens with zero attached hydrogens (tertiary/aromatic N) is 2. The van der Waals surface area contributed by atoms with E-state index < -0.39 is 27.6 Å². The van der Waals surface area contributed by atoms with Gasteiger partial charge in [-0.2, -0.15) is 0 Å². The molecule has 0 aromatic heterocycles. The number of rotatable bonds is 13. The molecule has 1 fully saturated rings. The lowest BCUT2D eigenvalue weighted by atomic mass is 10.1. The molecule has 3 rings (SSSR count). The number of amides is 2. The van der Waals surface area contributed by atoms with Crippen molar-refractivity contribution in [2.24, 2.45) is 0 Å². The summed E-state index contributed by atoms with van der Waals surface area (Å²) in [5, 5.41) is 5.85. The maximum Gasteiger partial charge on any atom is 0.407 e. The van der Waals surface area contributed by atoms with Crippen molar-refractivity contribution < 1.29 is 22.7 Å². The standard InChI is InChI=1S/C31H46N4O5S2/c1-7-8-9-10-11-20-41-26-15-12-23(13-16-26)32-29(36)27-21-25(14-17-28(27)34(5)42(6,38)39)35-19-18-24(22-35)33-30(37)40-31(2,3)4/h12-17,21,24H,7-11,18-20,22H2,1-6H3,(H,32,36)(H,33,37)/t24-/m1/s1. The van der Waals surface area contributed by atoms with Crippen molar-refractivity contribution in [3.05, 3.63) is 48.0 Å². The molecule has 1 atom stereocenters. The lowest BCUT2D eigenvalue weighted by Gasteiger charge is -2.24. The summed E-state index contributed by atoms with van der Waals surface area (Å²) in [6, 6.07) is 12.8. The summed E-state index contributed by atoms with van der Waals surface area (Å²) in [7, 11) is -2.16. The molecule has 1 aliphatic heterocycles. The van der Waals surface area contributed by atoms with Crippen LogP contribution < -0.4 is 19.8 Å². The minimum Gasteiger partial charge on any atom is -0.444 e. The number of hydrogen-bond donors (Lipinski definition) is 2. The number of benzene rings is 2. The van der Waals surface area contributed by atoms with E-state index in [-0.39, 0.29) is 17.3 Å². The van der Waals surface area contributed by atoms with E-state index in [1.54, 1.807) is 18.2 Å². The highest BCUT2D eigenvalue weighted by Crippen LogP contribution is 2.30. The van der Waals surface area contributed by atoms with Crippen LogP contribution in [-0.4, -0.2) is 64.2 Å². The number of carbonyl (C=O) groups is 2. The van der Waals surface area contributed by atoms with Crippen LogP contribution in [0, 0.1) is 0 Å². The van der Waals surface area contributed by atoms with Crippen LogP contribution in [0.2, 0.25) is 0 Å². The summed E-state index contributed by atoms with van der Waals surface area (Å²) in [6.07, 6.45) is 7.60. The third-order valence-corrected chi connectivity index (χ3v) is 9.25. The Labute approximate surface area is 255 Å². The fraction of sp³-hybridized carbons (Fsp3) is 0.548. The Morgan fingerprint density at radius 2 is 1.76 bits per heavy atom. The van der Waals surface area contributed by atoms with E-state index in [9.17, 15) is 18.0 Å². The normalized spacial score (nSPS) is 15.4. The number of hydrogen-bond acceptors (Lipinski definition) is 7. The summed E-state index contributed by atoms with van der Waals surface area (Å²) in [5.74, 6) is 0.662. The molecule has 2 N–H and O–H groups in total. The molecule has 2 aromatic carbocycles. The van der Waals surface area contributed by atoms with Gasteiger partial charge in [-0.1, -0.05) is 32.6 Å². The molecule has 1 saturated heterocycles. The Balaban J connectivity index is 1.71. The first-order valence-corrected chi connectivity index (χ1v) is 17.5. The van der Waals surface area contributed by atoms with Crippen LogP contribution in [-0.2, 0) is 14.8 Å². The maximum atomic E-state index is 13.5. The second kappa shape index (κ2) is 15.0. The molecule has 232 valence electrons. The van der Waals surface area contributed by atoms with Gasteiger partial charge in [0.25, 0.3) is 5.91 Å². The molecule has 0 bridgehead atoms. The number of thioether (sulfide) groups is 1. The second-order valence-electron chi connectivity index (χ2n) is 11.8. The average Bonchev–Trinajstić information content (AvgIpc) is 3.37. The van der Waals surface area contributed by atoms with Gasteiger partial charge in [0.15, 0.2) is 0 Å². The van der Waals surface area contributed by atoms with Gasteiger partial charge in [0, 0.05) is 36.4 Å². The zero-order chi connectivity index (χ0) is 30.9. The van der Waals surface area contributed by atoms with E-state index in [0.29, 0.717) is 18.8 Å². The number of nitrogens with one attached hydrogen (secondary N) is 2. The largest absolute Gasteiger partial charge is 0.444 e. The first-order chi connectivity index (χ1) is 19.8. The number of sulfonamides is 1. The summed E-state index contributed by atoms with van der Waals surface area (Å²) in [5.41, 5.74) is 1.35. The quantitative estimate of drug-likeness (QED) is 0.195. The minimum atomic E-state index is -3.60. The van der Waals surface area contributed by atoms with Gasteiger partial charge in [-0.15, -0.1) is 11.8 Å². The molecule has 1 aliphatic rings. The van der Waals surface area contributed by atoms with Gasteiger partial charge in [0.2, 0.25) is 10.0 Å². The van der Waals surface area contributed by atoms with E-state index >= 15 is 0 Å². The van der Waals surface area contributed by atoms with Crippen LogP contribution in [0.25, 0.3) is 0 Å². The van der Waals surface area contributed by atoms with Gasteiger partial charge in [-0.25, -0.2) is 13.2 Å². The van der Waals surface area contributed by atoms with Crippen molar-refractivity contribution >= 4 is 50.8 Å². The number of carbonyl (C=O) groups excluding carboxylic acids is 2. The monoisotopic (exact) mass is 618 g/mol. The molecular formula is C31H46N4O5S2. The highest BCUT2D eigenvalue weighted by Gasteiger charge is 2.28. The van der Waals surface area contributed by atoms with Gasteiger partial charge in [-0.05, 0) is 81.8 Å². The molecule has 0 radical (unpaired) electrons. The second-order valence-corrected chi connectivity index (χ2v) is 14.9. The van der Waals surface area contributed by atoms with Crippen LogP contribution >= 0.6 is 11.8 Å². The zero-order valence-electron chi connectivity index (χ0n) is 25.7. The predicted molar refractivity (Wildman–Crippen MR) is 174 cm³/mol. The van der Waals surface area contributed by atoms with Crippen LogP contribution in [0.5, 0.6) is 0 Å². The van der Waals surface area contributed by atoms with Crippen molar-refractivity contribution in [2.45, 2.75) is 82.8 Å². The first-order valence-electron chi connectivity index (χ1n) is 14.6. The van der Waals surface area contributed by atoms with Crippen LogP contribution in [0.15, 0.2) is 47.4 Å². The number of unbranched alkanes of at least 4 members (excludes halogenated alkanes) is 4. The molecule has 1 heterocycles. The Morgan fingerprint density at radius 3 is 2.40 bits per heavy atom. The highest BCUT2D eigenvalue weighted by atomic mass is 32.2. The van der Waals surface area contributed by atoms with E-state index in [4.69, 9.17) is 4.74 Å². The first kappa shape index (κ1) is 33.6. The van der Waals surface area contributed by atoms with Crippen LogP contribution in [0.3, 0.4) is 0 Å². The summed E-state index contributed by atoms with van der Waals surface area (Å²) in [4.78, 5) is 29.0. The third-order valence-electron chi connectivity index (χ3n) is 6.96. The van der Waals surface area contributed by atoms with Gasteiger partial charge in [-0.3, -0.25) is 9.10 Å². The lowest BCUT2D eigenvalue weighted by molar-refractivity contribution is 0.0508. The Hall–Kier alpha value is -2.92. The van der Waals surface area contributed by atoms with Crippen molar-refractivity contribution in [1.82, 2.24) is 5.32 Å². The van der Waals surface area contributed by atoms with Gasteiger partial charge in [0.05, 0.1) is 23.5 Å². The molecule has 9 nitrogen and oxygen atoms in total. The lowest BCUT2D eigenvalue weighted by Crippen LogP contribution is -2.40. The zero-order valence-corrected chi connectivity index (χ0v) is 27.4. The summed E-state index contributed by atoms with van der Waals surface area (Å²) >= 11 is 1.81. The smallest absolute Gasteiger partial charge is 0.407 e. The minimum absolute atomic E-state index is 0.108. The molecule has 2 aromatic rings. The maximum absolute atomic E-state index is 13.5. The molecule has 42 heavy (non-hydrogen) atoms. The molecule has 0 spiro atoms. The van der Waals surface area contributed by atoms with Crippen LogP contribution in [0.4, 0.5) is 21.9 Å². The van der Waals surface area contributed by atoms with Crippen molar-refractivity contribution in [2.75, 3.05) is 46.7 Å². The molecule has 0 aliphatic carbocycles. The topological polar surface area (TPSA) is 108 Å². The molecule has 0 saturated carbocycles. The Morgan fingerprint density at radius 1 is 1.07 bits per heavy atom.